The number of aliphatic carboxylic acids is 1. The molecule has 1 heterocycles. The summed E-state index contributed by atoms with van der Waals surface area (Å²) in [5.74, 6) is -0.776. The number of rotatable bonds is 2. The number of sulfone groups is 1. The summed E-state index contributed by atoms with van der Waals surface area (Å²) in [5, 5.41) is 9.75. The van der Waals surface area contributed by atoms with E-state index in [1.165, 1.54) is 0 Å². The van der Waals surface area contributed by atoms with E-state index in [9.17, 15) is 18.3 Å². The normalized spacial score (nSPS) is 23.2. The summed E-state index contributed by atoms with van der Waals surface area (Å²) < 4.78 is 24.6. The standard InChI is InChI=1S/C15H18O4S/c16-14(17)15(8-2-1-3-9-15)12-6-4-5-11-7-10-20(18,19)13(11)12/h4-6H,1-3,7-10H2,(H,16,17). The van der Waals surface area contributed by atoms with Crippen LogP contribution in [0.25, 0.3) is 0 Å². The van der Waals surface area contributed by atoms with Gasteiger partial charge in [0.15, 0.2) is 9.84 Å². The Morgan fingerprint density at radius 1 is 1.15 bits per heavy atom. The first-order valence-corrected chi connectivity index (χ1v) is 8.71. The maximum atomic E-state index is 12.3. The van der Waals surface area contributed by atoms with Crippen molar-refractivity contribution in [3.63, 3.8) is 0 Å². The first-order valence-electron chi connectivity index (χ1n) is 7.06. The van der Waals surface area contributed by atoms with E-state index < -0.39 is 21.2 Å². The van der Waals surface area contributed by atoms with Gasteiger partial charge in [-0.25, -0.2) is 8.42 Å². The molecular weight excluding hydrogens is 276 g/mol. The lowest BCUT2D eigenvalue weighted by Gasteiger charge is -2.34. The van der Waals surface area contributed by atoms with Gasteiger partial charge in [-0.05, 0) is 30.4 Å². The number of carboxylic acids is 1. The van der Waals surface area contributed by atoms with Crippen LogP contribution >= 0.6 is 0 Å². The van der Waals surface area contributed by atoms with Crippen LogP contribution in [0, 0.1) is 0 Å². The topological polar surface area (TPSA) is 71.4 Å². The molecule has 0 amide bonds. The molecule has 1 N–H and O–H groups in total. The van der Waals surface area contributed by atoms with E-state index in [1.807, 2.05) is 6.07 Å². The minimum atomic E-state index is -3.32. The van der Waals surface area contributed by atoms with Gasteiger partial charge in [0.25, 0.3) is 0 Å². The van der Waals surface area contributed by atoms with E-state index in [0.29, 0.717) is 29.7 Å². The van der Waals surface area contributed by atoms with Crippen LogP contribution in [-0.4, -0.2) is 25.2 Å². The zero-order chi connectivity index (χ0) is 14.4. The third-order valence-corrected chi connectivity index (χ3v) is 6.53. The molecule has 0 unspecified atom stereocenters. The molecule has 20 heavy (non-hydrogen) atoms. The lowest BCUT2D eigenvalue weighted by Crippen LogP contribution is -2.39. The quantitative estimate of drug-likeness (QED) is 0.908. The summed E-state index contributed by atoms with van der Waals surface area (Å²) in [6, 6.07) is 5.32. The van der Waals surface area contributed by atoms with Crippen molar-refractivity contribution in [3.05, 3.63) is 29.3 Å². The molecule has 0 saturated heterocycles. The highest BCUT2D eigenvalue weighted by Crippen LogP contribution is 2.44. The number of carbonyl (C=O) groups is 1. The minimum absolute atomic E-state index is 0.106. The van der Waals surface area contributed by atoms with Crippen molar-refractivity contribution in [1.29, 1.82) is 0 Å². The van der Waals surface area contributed by atoms with Gasteiger partial charge >= 0.3 is 5.97 Å². The first-order chi connectivity index (χ1) is 9.47. The summed E-state index contributed by atoms with van der Waals surface area (Å²) >= 11 is 0. The Kier molecular flexibility index (Phi) is 3.12. The Morgan fingerprint density at radius 3 is 2.50 bits per heavy atom. The van der Waals surface area contributed by atoms with E-state index in [2.05, 4.69) is 0 Å². The largest absolute Gasteiger partial charge is 0.481 e. The maximum absolute atomic E-state index is 12.3. The molecule has 4 nitrogen and oxygen atoms in total. The SMILES string of the molecule is O=C(O)C1(c2cccc3c2S(=O)(=O)CC3)CCCCC1. The average Bonchev–Trinajstić information content (AvgIpc) is 2.75. The van der Waals surface area contributed by atoms with Crippen LogP contribution in [0.1, 0.15) is 43.2 Å². The fraction of sp³-hybridized carbons (Fsp3) is 0.533. The van der Waals surface area contributed by atoms with E-state index in [1.54, 1.807) is 12.1 Å². The zero-order valence-electron chi connectivity index (χ0n) is 11.3. The molecule has 3 rings (SSSR count). The van der Waals surface area contributed by atoms with Crippen molar-refractivity contribution < 1.29 is 18.3 Å². The summed E-state index contributed by atoms with van der Waals surface area (Å²) in [6.07, 6.45) is 4.28. The second-order valence-electron chi connectivity index (χ2n) is 5.81. The van der Waals surface area contributed by atoms with Crippen molar-refractivity contribution in [2.45, 2.75) is 48.8 Å². The Hall–Kier alpha value is -1.36. The van der Waals surface area contributed by atoms with Crippen LogP contribution < -0.4 is 0 Å². The molecule has 1 aromatic carbocycles. The highest BCUT2D eigenvalue weighted by Gasteiger charge is 2.45. The van der Waals surface area contributed by atoms with Gasteiger partial charge in [0.05, 0.1) is 16.1 Å². The zero-order valence-corrected chi connectivity index (χ0v) is 12.1. The molecule has 2 aliphatic rings. The number of hydrogen-bond acceptors (Lipinski definition) is 3. The molecule has 0 spiro atoms. The lowest BCUT2D eigenvalue weighted by molar-refractivity contribution is -0.145. The van der Waals surface area contributed by atoms with Crippen molar-refractivity contribution in [3.8, 4) is 0 Å². The predicted molar refractivity (Wildman–Crippen MR) is 74.6 cm³/mol. The Balaban J connectivity index is 2.24. The van der Waals surface area contributed by atoms with E-state index in [0.717, 1.165) is 24.8 Å². The number of carboxylic acid groups (broad SMARTS) is 1. The summed E-state index contributed by atoms with van der Waals surface area (Å²) in [4.78, 5) is 12.2. The third kappa shape index (κ3) is 1.87. The van der Waals surface area contributed by atoms with Gasteiger partial charge in [0, 0.05) is 0 Å². The second kappa shape index (κ2) is 4.58. The summed E-state index contributed by atoms with van der Waals surface area (Å²) in [7, 11) is -3.32. The number of hydrogen-bond donors (Lipinski definition) is 1. The van der Waals surface area contributed by atoms with E-state index in [-0.39, 0.29) is 5.75 Å². The first kappa shape index (κ1) is 13.6. The molecule has 1 aliphatic heterocycles. The molecule has 0 aromatic heterocycles. The molecule has 1 fully saturated rings. The van der Waals surface area contributed by atoms with Crippen LogP contribution in [0.3, 0.4) is 0 Å². The van der Waals surface area contributed by atoms with Crippen molar-refractivity contribution in [2.75, 3.05) is 5.75 Å². The molecule has 1 saturated carbocycles. The van der Waals surface area contributed by atoms with Crippen molar-refractivity contribution >= 4 is 15.8 Å². The molecule has 0 atom stereocenters. The van der Waals surface area contributed by atoms with Crippen molar-refractivity contribution in [1.82, 2.24) is 0 Å². The van der Waals surface area contributed by atoms with Crippen LogP contribution in [0.15, 0.2) is 23.1 Å². The van der Waals surface area contributed by atoms with Crippen molar-refractivity contribution in [2.24, 2.45) is 0 Å². The summed E-state index contributed by atoms with van der Waals surface area (Å²) in [5.41, 5.74) is 0.300. The molecule has 1 aliphatic carbocycles. The molecule has 5 heteroatoms. The van der Waals surface area contributed by atoms with E-state index >= 15 is 0 Å². The van der Waals surface area contributed by atoms with Crippen LogP contribution in [-0.2, 0) is 26.5 Å². The summed E-state index contributed by atoms with van der Waals surface area (Å²) in [6.45, 7) is 0. The van der Waals surface area contributed by atoms with Gasteiger partial charge in [0.1, 0.15) is 0 Å². The van der Waals surface area contributed by atoms with Crippen LogP contribution in [0.4, 0.5) is 0 Å². The van der Waals surface area contributed by atoms with Crippen LogP contribution in [0.2, 0.25) is 0 Å². The third-order valence-electron chi connectivity index (χ3n) is 4.68. The predicted octanol–water partition coefficient (Wildman–Crippen LogP) is 2.30. The highest BCUT2D eigenvalue weighted by atomic mass is 32.2. The van der Waals surface area contributed by atoms with Gasteiger partial charge in [-0.2, -0.15) is 0 Å². The smallest absolute Gasteiger partial charge is 0.314 e. The molecule has 108 valence electrons. The maximum Gasteiger partial charge on any atom is 0.314 e. The van der Waals surface area contributed by atoms with Gasteiger partial charge in [-0.3, -0.25) is 4.79 Å². The van der Waals surface area contributed by atoms with Gasteiger partial charge in [-0.15, -0.1) is 0 Å². The second-order valence-corrected chi connectivity index (χ2v) is 7.86. The number of aryl methyl sites for hydroxylation is 1. The van der Waals surface area contributed by atoms with E-state index in [4.69, 9.17) is 0 Å². The fourth-order valence-corrected chi connectivity index (χ4v) is 5.49. The molecule has 1 aromatic rings. The van der Waals surface area contributed by atoms with Gasteiger partial charge in [0.2, 0.25) is 0 Å². The monoisotopic (exact) mass is 294 g/mol. The molecular formula is C15H18O4S. The molecule has 0 radical (unpaired) electrons. The Morgan fingerprint density at radius 2 is 1.85 bits per heavy atom. The molecule has 0 bridgehead atoms. The Labute approximate surface area is 118 Å². The van der Waals surface area contributed by atoms with Crippen LogP contribution in [0.5, 0.6) is 0 Å². The lowest BCUT2D eigenvalue weighted by atomic mass is 9.69. The highest BCUT2D eigenvalue weighted by molar-refractivity contribution is 7.91. The number of fused-ring (bicyclic) bond motifs is 1. The van der Waals surface area contributed by atoms with Gasteiger partial charge < -0.3 is 5.11 Å². The Bertz CT molecular complexity index is 654. The fourth-order valence-electron chi connectivity index (χ4n) is 3.63. The van der Waals surface area contributed by atoms with Gasteiger partial charge in [-0.1, -0.05) is 37.5 Å². The number of benzene rings is 1. The minimum Gasteiger partial charge on any atom is -0.481 e. The average molecular weight is 294 g/mol.